The van der Waals surface area contributed by atoms with E-state index in [0.717, 1.165) is 5.56 Å². The van der Waals surface area contributed by atoms with Crippen LogP contribution < -0.4 is 5.43 Å². The molecule has 1 aromatic heterocycles. The normalized spacial score (nSPS) is 12.1. The molecule has 1 aromatic carbocycles. The summed E-state index contributed by atoms with van der Waals surface area (Å²) in [5.41, 5.74) is 1.68. The number of benzene rings is 1. The second-order valence-corrected chi connectivity index (χ2v) is 5.06. The standard InChI is InChI=1S/C16H16O4/c1-9(2)11-4-5-14-13(7-11)15(17)12(8-20-14)6-10(3)16(18)19/h4-9H,1-3H3,(H,18,19)/b10-6+. The average Bonchev–Trinajstić information content (AvgIpc) is 2.41. The van der Waals surface area contributed by atoms with Crippen LogP contribution in [0.1, 0.15) is 37.8 Å². The van der Waals surface area contributed by atoms with Crippen molar-refractivity contribution in [2.45, 2.75) is 26.7 Å². The first kappa shape index (κ1) is 14.1. The Labute approximate surface area is 116 Å². The molecular weight excluding hydrogens is 256 g/mol. The molecule has 0 unspecified atom stereocenters. The Kier molecular flexibility index (Phi) is 3.74. The van der Waals surface area contributed by atoms with E-state index in [9.17, 15) is 9.59 Å². The quantitative estimate of drug-likeness (QED) is 0.869. The summed E-state index contributed by atoms with van der Waals surface area (Å²) in [6.07, 6.45) is 2.63. The van der Waals surface area contributed by atoms with Crippen molar-refractivity contribution < 1.29 is 14.3 Å². The first-order valence-corrected chi connectivity index (χ1v) is 6.37. The largest absolute Gasteiger partial charge is 0.478 e. The number of carboxylic acid groups (broad SMARTS) is 1. The van der Waals surface area contributed by atoms with Gasteiger partial charge in [-0.15, -0.1) is 0 Å². The molecule has 0 radical (unpaired) electrons. The lowest BCUT2D eigenvalue weighted by molar-refractivity contribution is -0.132. The van der Waals surface area contributed by atoms with E-state index in [1.807, 2.05) is 19.9 Å². The highest BCUT2D eigenvalue weighted by Crippen LogP contribution is 2.20. The smallest absolute Gasteiger partial charge is 0.331 e. The second-order valence-electron chi connectivity index (χ2n) is 5.06. The van der Waals surface area contributed by atoms with Gasteiger partial charge >= 0.3 is 5.97 Å². The molecule has 0 bridgehead atoms. The molecule has 1 N–H and O–H groups in total. The first-order chi connectivity index (χ1) is 9.40. The van der Waals surface area contributed by atoms with Gasteiger partial charge in [-0.05, 0) is 36.6 Å². The van der Waals surface area contributed by atoms with Gasteiger partial charge in [-0.1, -0.05) is 19.9 Å². The third-order valence-electron chi connectivity index (χ3n) is 3.20. The van der Waals surface area contributed by atoms with Crippen molar-refractivity contribution >= 4 is 23.0 Å². The summed E-state index contributed by atoms with van der Waals surface area (Å²) in [6, 6.07) is 5.50. The molecule has 2 rings (SSSR count). The van der Waals surface area contributed by atoms with Gasteiger partial charge in [0.25, 0.3) is 0 Å². The first-order valence-electron chi connectivity index (χ1n) is 6.37. The maximum absolute atomic E-state index is 12.4. The van der Waals surface area contributed by atoms with E-state index in [1.54, 1.807) is 12.1 Å². The van der Waals surface area contributed by atoms with Crippen molar-refractivity contribution in [2.75, 3.05) is 0 Å². The number of rotatable bonds is 3. The molecule has 0 fully saturated rings. The number of carboxylic acids is 1. The highest BCUT2D eigenvalue weighted by molar-refractivity contribution is 5.92. The van der Waals surface area contributed by atoms with Gasteiger partial charge < -0.3 is 9.52 Å². The molecule has 4 heteroatoms. The lowest BCUT2D eigenvalue weighted by Gasteiger charge is -2.06. The van der Waals surface area contributed by atoms with E-state index in [2.05, 4.69) is 0 Å². The van der Waals surface area contributed by atoms with Crippen LogP contribution in [-0.4, -0.2) is 11.1 Å². The Morgan fingerprint density at radius 3 is 2.65 bits per heavy atom. The van der Waals surface area contributed by atoms with Crippen LogP contribution in [0.25, 0.3) is 17.0 Å². The van der Waals surface area contributed by atoms with Crippen LogP contribution in [0.4, 0.5) is 0 Å². The molecule has 0 spiro atoms. The highest BCUT2D eigenvalue weighted by atomic mass is 16.4. The van der Waals surface area contributed by atoms with Crippen LogP contribution in [-0.2, 0) is 4.79 Å². The van der Waals surface area contributed by atoms with E-state index in [-0.39, 0.29) is 16.6 Å². The van der Waals surface area contributed by atoms with Gasteiger partial charge in [0.15, 0.2) is 5.43 Å². The van der Waals surface area contributed by atoms with E-state index in [1.165, 1.54) is 19.3 Å². The van der Waals surface area contributed by atoms with Gasteiger partial charge in [-0.2, -0.15) is 0 Å². The predicted molar refractivity (Wildman–Crippen MR) is 77.9 cm³/mol. The van der Waals surface area contributed by atoms with E-state index < -0.39 is 5.97 Å². The Morgan fingerprint density at radius 1 is 1.35 bits per heavy atom. The molecule has 2 aromatic rings. The summed E-state index contributed by atoms with van der Waals surface area (Å²) in [5.74, 6) is -0.751. The van der Waals surface area contributed by atoms with Crippen molar-refractivity contribution in [3.8, 4) is 0 Å². The predicted octanol–water partition coefficient (Wildman–Crippen LogP) is 3.40. The monoisotopic (exact) mass is 272 g/mol. The van der Waals surface area contributed by atoms with Crippen molar-refractivity contribution in [1.29, 1.82) is 0 Å². The summed E-state index contributed by atoms with van der Waals surface area (Å²) in [7, 11) is 0. The molecule has 0 amide bonds. The maximum atomic E-state index is 12.4. The summed E-state index contributed by atoms with van der Waals surface area (Å²) >= 11 is 0. The number of aliphatic carboxylic acids is 1. The van der Waals surface area contributed by atoms with Crippen molar-refractivity contribution in [3.05, 3.63) is 51.4 Å². The number of hydrogen-bond donors (Lipinski definition) is 1. The van der Waals surface area contributed by atoms with Crippen LogP contribution in [0.15, 0.2) is 39.2 Å². The molecule has 0 saturated heterocycles. The van der Waals surface area contributed by atoms with Crippen LogP contribution >= 0.6 is 0 Å². The van der Waals surface area contributed by atoms with Crippen LogP contribution in [0.3, 0.4) is 0 Å². The fourth-order valence-corrected chi connectivity index (χ4v) is 1.92. The topological polar surface area (TPSA) is 67.5 Å². The molecule has 0 saturated carbocycles. The lowest BCUT2D eigenvalue weighted by atomic mass is 10.0. The zero-order valence-electron chi connectivity index (χ0n) is 11.6. The Hall–Kier alpha value is -2.36. The zero-order valence-corrected chi connectivity index (χ0v) is 11.6. The number of carbonyl (C=O) groups is 1. The van der Waals surface area contributed by atoms with Crippen molar-refractivity contribution in [2.24, 2.45) is 0 Å². The average molecular weight is 272 g/mol. The number of fused-ring (bicyclic) bond motifs is 1. The summed E-state index contributed by atoms with van der Waals surface area (Å²) in [4.78, 5) is 23.2. The van der Waals surface area contributed by atoms with Gasteiger partial charge in [-0.25, -0.2) is 4.79 Å². The summed E-state index contributed by atoms with van der Waals surface area (Å²) < 4.78 is 5.40. The van der Waals surface area contributed by atoms with Gasteiger partial charge in [0.1, 0.15) is 11.8 Å². The van der Waals surface area contributed by atoms with Gasteiger partial charge in [-0.3, -0.25) is 4.79 Å². The fourth-order valence-electron chi connectivity index (χ4n) is 1.92. The third kappa shape index (κ3) is 2.64. The molecule has 20 heavy (non-hydrogen) atoms. The third-order valence-corrected chi connectivity index (χ3v) is 3.20. The minimum absolute atomic E-state index is 0.0941. The van der Waals surface area contributed by atoms with Gasteiger partial charge in [0.2, 0.25) is 0 Å². The van der Waals surface area contributed by atoms with Crippen molar-refractivity contribution in [3.63, 3.8) is 0 Å². The number of hydrogen-bond acceptors (Lipinski definition) is 3. The highest BCUT2D eigenvalue weighted by Gasteiger charge is 2.09. The Bertz CT molecular complexity index is 751. The van der Waals surface area contributed by atoms with Crippen molar-refractivity contribution in [1.82, 2.24) is 0 Å². The van der Waals surface area contributed by atoms with Crippen LogP contribution in [0, 0.1) is 0 Å². The second kappa shape index (κ2) is 5.33. The van der Waals surface area contributed by atoms with Gasteiger partial charge in [0, 0.05) is 5.57 Å². The molecular formula is C16H16O4. The van der Waals surface area contributed by atoms with Gasteiger partial charge in [0.05, 0.1) is 10.9 Å². The molecule has 0 atom stereocenters. The van der Waals surface area contributed by atoms with Crippen LogP contribution in [0.2, 0.25) is 0 Å². The Morgan fingerprint density at radius 2 is 2.05 bits per heavy atom. The summed E-state index contributed by atoms with van der Waals surface area (Å²) in [6.45, 7) is 5.53. The minimum Gasteiger partial charge on any atom is -0.478 e. The maximum Gasteiger partial charge on any atom is 0.331 e. The molecule has 104 valence electrons. The van der Waals surface area contributed by atoms with E-state index in [4.69, 9.17) is 9.52 Å². The molecule has 0 aliphatic rings. The van der Waals surface area contributed by atoms with Crippen LogP contribution in [0.5, 0.6) is 0 Å². The Balaban J connectivity index is 2.66. The SMILES string of the molecule is C/C(=C\c1coc2ccc(C(C)C)cc2c1=O)C(=O)O. The van der Waals surface area contributed by atoms with E-state index in [0.29, 0.717) is 16.9 Å². The molecule has 0 aliphatic heterocycles. The zero-order chi connectivity index (χ0) is 14.9. The lowest BCUT2D eigenvalue weighted by Crippen LogP contribution is -2.07. The fraction of sp³-hybridized carbons (Fsp3) is 0.250. The van der Waals surface area contributed by atoms with E-state index >= 15 is 0 Å². The minimum atomic E-state index is -1.06. The molecule has 4 nitrogen and oxygen atoms in total. The molecule has 0 aliphatic carbocycles. The molecule has 1 heterocycles. The summed E-state index contributed by atoms with van der Waals surface area (Å²) in [5, 5.41) is 9.34.